The largest absolute Gasteiger partial charge is 0.504 e. The molecule has 4 aliphatic rings. The van der Waals surface area contributed by atoms with E-state index in [0.29, 0.717) is 24.4 Å². The van der Waals surface area contributed by atoms with Crippen LogP contribution in [-0.4, -0.2) is 54.7 Å². The molecule has 146 valence electrons. The second-order valence-corrected chi connectivity index (χ2v) is 8.95. The number of fused-ring (bicyclic) bond motifs is 1. The highest BCUT2D eigenvalue weighted by molar-refractivity contribution is 5.83. The molecule has 1 aromatic carbocycles. The zero-order chi connectivity index (χ0) is 18.8. The van der Waals surface area contributed by atoms with Crippen LogP contribution >= 0.6 is 0 Å². The normalized spacial score (nSPS) is 35.5. The quantitative estimate of drug-likeness (QED) is 0.882. The van der Waals surface area contributed by atoms with E-state index >= 15 is 0 Å². The number of phenols is 1. The first-order chi connectivity index (χ1) is 13.0. The summed E-state index contributed by atoms with van der Waals surface area (Å²) in [5, 5.41) is 10.5. The van der Waals surface area contributed by atoms with Crippen LogP contribution in [-0.2, 0) is 21.4 Å². The lowest BCUT2D eigenvalue weighted by atomic mass is 9.49. The number of ether oxygens (including phenoxy) is 2. The van der Waals surface area contributed by atoms with Gasteiger partial charge in [-0.05, 0) is 56.2 Å². The minimum atomic E-state index is -0.403. The Morgan fingerprint density at radius 3 is 2.78 bits per heavy atom. The summed E-state index contributed by atoms with van der Waals surface area (Å²) in [6.07, 6.45) is 6.27. The van der Waals surface area contributed by atoms with Crippen molar-refractivity contribution in [1.29, 1.82) is 0 Å². The van der Waals surface area contributed by atoms with E-state index in [2.05, 4.69) is 4.90 Å². The monoisotopic (exact) mass is 371 g/mol. The number of benzene rings is 1. The molecular weight excluding hydrogens is 342 g/mol. The highest BCUT2D eigenvalue weighted by Gasteiger charge is 2.67. The number of hydrogen-bond donors (Lipinski definition) is 1. The lowest BCUT2D eigenvalue weighted by Crippen LogP contribution is -2.74. The Hall–Kier alpha value is -1.59. The highest BCUT2D eigenvalue weighted by Crippen LogP contribution is 2.62. The molecule has 5 rings (SSSR count). The number of nitrogens with zero attached hydrogens (tertiary/aromatic N) is 1. The van der Waals surface area contributed by atoms with Gasteiger partial charge in [-0.1, -0.05) is 6.07 Å². The molecule has 27 heavy (non-hydrogen) atoms. The predicted octanol–water partition coefficient (Wildman–Crippen LogP) is 2.82. The van der Waals surface area contributed by atoms with E-state index in [4.69, 9.17) is 9.47 Å². The zero-order valence-electron chi connectivity index (χ0n) is 16.3. The summed E-state index contributed by atoms with van der Waals surface area (Å²) in [5.74, 6) is 1.83. The molecule has 2 saturated carbocycles. The number of likely N-dealkylation sites (tertiary alicyclic amines) is 1. The van der Waals surface area contributed by atoms with Gasteiger partial charge < -0.3 is 14.6 Å². The number of piperidine rings is 1. The molecule has 5 heteroatoms. The van der Waals surface area contributed by atoms with Crippen molar-refractivity contribution in [3.05, 3.63) is 23.3 Å². The Morgan fingerprint density at radius 2 is 2.07 bits per heavy atom. The van der Waals surface area contributed by atoms with Crippen LogP contribution in [0.25, 0.3) is 0 Å². The van der Waals surface area contributed by atoms with E-state index in [9.17, 15) is 9.90 Å². The fraction of sp³-hybridized carbons (Fsp3) is 0.682. The van der Waals surface area contributed by atoms with Crippen LogP contribution in [0.1, 0.15) is 49.7 Å². The molecule has 0 aromatic heterocycles. The molecule has 5 nitrogen and oxygen atoms in total. The van der Waals surface area contributed by atoms with Gasteiger partial charge in [-0.15, -0.1) is 0 Å². The second-order valence-electron chi connectivity index (χ2n) is 8.95. The first kappa shape index (κ1) is 17.5. The van der Waals surface area contributed by atoms with Gasteiger partial charge in [-0.25, -0.2) is 0 Å². The molecule has 0 unspecified atom stereocenters. The molecule has 1 saturated heterocycles. The number of rotatable bonds is 4. The molecule has 0 amide bonds. The number of Topliss-reactive ketones (excluding diaryl/α,β-unsaturated/α-hetero) is 1. The van der Waals surface area contributed by atoms with Gasteiger partial charge in [-0.2, -0.15) is 0 Å². The molecule has 0 radical (unpaired) electrons. The summed E-state index contributed by atoms with van der Waals surface area (Å²) in [6, 6.07) is 4.05. The topological polar surface area (TPSA) is 59.0 Å². The van der Waals surface area contributed by atoms with Crippen molar-refractivity contribution in [2.24, 2.45) is 5.92 Å². The van der Waals surface area contributed by atoms with Crippen molar-refractivity contribution in [3.63, 3.8) is 0 Å². The summed E-state index contributed by atoms with van der Waals surface area (Å²) >= 11 is 0. The molecular formula is C22H29NO4. The van der Waals surface area contributed by atoms with Crippen molar-refractivity contribution in [3.8, 4) is 11.5 Å². The van der Waals surface area contributed by atoms with E-state index < -0.39 is 5.41 Å². The van der Waals surface area contributed by atoms with Crippen LogP contribution in [0.5, 0.6) is 11.5 Å². The zero-order valence-corrected chi connectivity index (χ0v) is 16.3. The van der Waals surface area contributed by atoms with Crippen molar-refractivity contribution >= 4 is 5.78 Å². The molecule has 0 spiro atoms. The maximum atomic E-state index is 12.7. The van der Waals surface area contributed by atoms with Gasteiger partial charge in [0.15, 0.2) is 11.5 Å². The fourth-order valence-corrected chi connectivity index (χ4v) is 6.43. The minimum Gasteiger partial charge on any atom is -0.504 e. The summed E-state index contributed by atoms with van der Waals surface area (Å²) in [4.78, 5) is 15.3. The van der Waals surface area contributed by atoms with Crippen LogP contribution in [0.15, 0.2) is 12.1 Å². The minimum absolute atomic E-state index is 0.160. The summed E-state index contributed by atoms with van der Waals surface area (Å²) in [5.41, 5.74) is 1.45. The molecule has 1 aromatic rings. The first-order valence-electron chi connectivity index (χ1n) is 10.2. The highest BCUT2D eigenvalue weighted by atomic mass is 16.5. The summed E-state index contributed by atoms with van der Waals surface area (Å²) < 4.78 is 12.1. The third-order valence-corrected chi connectivity index (χ3v) is 7.76. The number of ketones is 1. The van der Waals surface area contributed by atoms with Crippen molar-refractivity contribution < 1.29 is 19.4 Å². The lowest BCUT2D eigenvalue weighted by molar-refractivity contribution is -0.188. The fourth-order valence-electron chi connectivity index (χ4n) is 6.43. The molecule has 3 fully saturated rings. The number of hydrogen-bond acceptors (Lipinski definition) is 5. The Bertz CT molecular complexity index is 789. The molecule has 3 atom stereocenters. The number of phenolic OH excluding ortho intramolecular Hbond substituents is 1. The number of carbonyl (C=O) groups excluding carboxylic acids is 1. The van der Waals surface area contributed by atoms with Crippen LogP contribution < -0.4 is 4.74 Å². The van der Waals surface area contributed by atoms with Crippen molar-refractivity contribution in [2.75, 3.05) is 27.3 Å². The Labute approximate surface area is 160 Å². The SMILES string of the molecule is COc1c(O)ccc2c1[C@]13CCN(CC4CC4)[C@H](C2)[C@]1(OC)CCC(=O)C3. The van der Waals surface area contributed by atoms with E-state index in [1.807, 2.05) is 13.2 Å². The van der Waals surface area contributed by atoms with Crippen LogP contribution in [0.4, 0.5) is 0 Å². The molecule has 3 aliphatic carbocycles. The average molecular weight is 371 g/mol. The molecule has 1 aliphatic heterocycles. The Kier molecular flexibility index (Phi) is 3.86. The number of carbonyl (C=O) groups is 1. The lowest BCUT2D eigenvalue weighted by Gasteiger charge is -2.65. The Morgan fingerprint density at radius 1 is 1.26 bits per heavy atom. The first-order valence-corrected chi connectivity index (χ1v) is 10.2. The van der Waals surface area contributed by atoms with E-state index in [0.717, 1.165) is 43.8 Å². The summed E-state index contributed by atoms with van der Waals surface area (Å²) in [7, 11) is 3.43. The van der Waals surface area contributed by atoms with E-state index in [-0.39, 0.29) is 17.4 Å². The van der Waals surface area contributed by atoms with Crippen molar-refractivity contribution in [2.45, 2.75) is 62.0 Å². The van der Waals surface area contributed by atoms with Gasteiger partial charge in [0.05, 0.1) is 12.7 Å². The number of aromatic hydroxyl groups is 1. The second kappa shape index (κ2) is 5.95. The van der Waals surface area contributed by atoms with Gasteiger partial charge in [0.2, 0.25) is 0 Å². The Balaban J connectivity index is 1.72. The predicted molar refractivity (Wildman–Crippen MR) is 101 cm³/mol. The average Bonchev–Trinajstić information content (AvgIpc) is 3.48. The van der Waals surface area contributed by atoms with Crippen molar-refractivity contribution in [1.82, 2.24) is 4.90 Å². The molecule has 1 heterocycles. The van der Waals surface area contributed by atoms with E-state index in [1.54, 1.807) is 13.2 Å². The maximum absolute atomic E-state index is 12.7. The van der Waals surface area contributed by atoms with Gasteiger partial charge in [-0.3, -0.25) is 9.69 Å². The van der Waals surface area contributed by atoms with Crippen LogP contribution in [0.2, 0.25) is 0 Å². The third kappa shape index (κ3) is 2.27. The van der Waals surface area contributed by atoms with Crippen LogP contribution in [0.3, 0.4) is 0 Å². The standard InChI is InChI=1S/C22H29NO4/c1-26-20-17(25)6-5-15-11-18-22(27-2)8-7-16(24)12-21(22,19(15)20)9-10-23(18)13-14-3-4-14/h5-6,14,18,25H,3-4,7-13H2,1-2H3/t18-,21-,22-/m1/s1. The molecule has 2 bridgehead atoms. The van der Waals surface area contributed by atoms with Crippen LogP contribution in [0, 0.1) is 5.92 Å². The van der Waals surface area contributed by atoms with Gasteiger partial charge in [0.25, 0.3) is 0 Å². The van der Waals surface area contributed by atoms with Gasteiger partial charge >= 0.3 is 0 Å². The van der Waals surface area contributed by atoms with Gasteiger partial charge in [0.1, 0.15) is 5.78 Å². The smallest absolute Gasteiger partial charge is 0.164 e. The number of methoxy groups -OCH3 is 2. The van der Waals surface area contributed by atoms with E-state index in [1.165, 1.54) is 18.4 Å². The molecule has 1 N–H and O–H groups in total. The third-order valence-electron chi connectivity index (χ3n) is 7.76. The van der Waals surface area contributed by atoms with Gasteiger partial charge in [0, 0.05) is 43.5 Å². The maximum Gasteiger partial charge on any atom is 0.164 e. The summed E-state index contributed by atoms with van der Waals surface area (Å²) in [6.45, 7) is 2.13.